The third-order valence-electron chi connectivity index (χ3n) is 1.60. The van der Waals surface area contributed by atoms with Crippen molar-refractivity contribution in [1.29, 1.82) is 0 Å². The Morgan fingerprint density at radius 3 is 2.56 bits per heavy atom. The van der Waals surface area contributed by atoms with Gasteiger partial charge in [-0.2, -0.15) is 12.7 Å². The molecule has 2 N–H and O–H groups in total. The first-order valence-corrected chi connectivity index (χ1v) is 5.89. The van der Waals surface area contributed by atoms with Crippen molar-refractivity contribution in [2.24, 2.45) is 0 Å². The summed E-state index contributed by atoms with van der Waals surface area (Å²) in [6.07, 6.45) is -0.268. The minimum Gasteiger partial charge on any atom is -0.481 e. The van der Waals surface area contributed by atoms with E-state index in [2.05, 4.69) is 9.57 Å². The predicted octanol–water partition coefficient (Wildman–Crippen LogP) is -1.19. The molecule has 0 aliphatic heterocycles. The number of hydrogen-bond donors (Lipinski definition) is 2. The molecule has 0 spiro atoms. The highest BCUT2D eigenvalue weighted by molar-refractivity contribution is 7.86. The summed E-state index contributed by atoms with van der Waals surface area (Å²) in [6.45, 7) is 0.197. The lowest BCUT2D eigenvalue weighted by molar-refractivity contribution is -0.137. The Bertz CT molecular complexity index is 304. The highest BCUT2D eigenvalue weighted by Gasteiger charge is 2.18. The summed E-state index contributed by atoms with van der Waals surface area (Å²) in [7, 11) is -1.08. The zero-order chi connectivity index (χ0) is 12.6. The third-order valence-corrected chi connectivity index (χ3v) is 2.94. The van der Waals surface area contributed by atoms with E-state index >= 15 is 0 Å². The molecule has 0 aliphatic carbocycles. The van der Waals surface area contributed by atoms with Crippen LogP contribution in [0.4, 0.5) is 0 Å². The first kappa shape index (κ1) is 15.3. The zero-order valence-electron chi connectivity index (χ0n) is 9.17. The van der Waals surface area contributed by atoms with Crippen molar-refractivity contribution >= 4 is 16.2 Å². The molecule has 8 nitrogen and oxygen atoms in total. The van der Waals surface area contributed by atoms with E-state index in [1.807, 2.05) is 4.89 Å². The van der Waals surface area contributed by atoms with Crippen LogP contribution >= 0.6 is 0 Å². The summed E-state index contributed by atoms with van der Waals surface area (Å²) in [5, 5.41) is 8.38. The number of aliphatic carboxylic acids is 1. The second-order valence-electron chi connectivity index (χ2n) is 2.89. The summed E-state index contributed by atoms with van der Waals surface area (Å²) in [5.41, 5.74) is 0. The van der Waals surface area contributed by atoms with Gasteiger partial charge in [0.15, 0.2) is 0 Å². The molecule has 0 aliphatic rings. The molecule has 0 fully saturated rings. The van der Waals surface area contributed by atoms with Crippen molar-refractivity contribution in [3.8, 4) is 0 Å². The molecule has 0 heterocycles. The van der Waals surface area contributed by atoms with E-state index in [0.717, 1.165) is 4.31 Å². The number of rotatable bonds is 9. The van der Waals surface area contributed by atoms with Crippen molar-refractivity contribution in [3.63, 3.8) is 0 Å². The fourth-order valence-electron chi connectivity index (χ4n) is 0.678. The Morgan fingerprint density at radius 1 is 1.44 bits per heavy atom. The van der Waals surface area contributed by atoms with Gasteiger partial charge >= 0.3 is 16.2 Å². The Kier molecular flexibility index (Phi) is 7.17. The largest absolute Gasteiger partial charge is 0.481 e. The Labute approximate surface area is 94.3 Å². The molecule has 96 valence electrons. The van der Waals surface area contributed by atoms with Crippen molar-refractivity contribution in [2.45, 2.75) is 6.42 Å². The molecule has 0 aromatic carbocycles. The maximum absolute atomic E-state index is 11.4. The van der Waals surface area contributed by atoms with Gasteiger partial charge in [-0.25, -0.2) is 0 Å². The van der Waals surface area contributed by atoms with Crippen molar-refractivity contribution in [3.05, 3.63) is 0 Å². The Morgan fingerprint density at radius 2 is 2.06 bits per heavy atom. The van der Waals surface area contributed by atoms with Crippen LogP contribution in [0.15, 0.2) is 0 Å². The SMILES string of the molecule is COCCONS(=O)(=O)N(C)CCC(=O)O. The van der Waals surface area contributed by atoms with Crippen LogP contribution < -0.4 is 4.89 Å². The van der Waals surface area contributed by atoms with E-state index in [4.69, 9.17) is 5.11 Å². The second-order valence-corrected chi connectivity index (χ2v) is 4.64. The normalized spacial score (nSPS) is 11.9. The number of hydrogen-bond acceptors (Lipinski definition) is 5. The van der Waals surface area contributed by atoms with E-state index in [0.29, 0.717) is 0 Å². The Balaban J connectivity index is 3.96. The first-order valence-electron chi connectivity index (χ1n) is 4.45. The van der Waals surface area contributed by atoms with Gasteiger partial charge in [0.1, 0.15) is 0 Å². The molecule has 0 rings (SSSR count). The summed E-state index contributed by atoms with van der Waals surface area (Å²) < 4.78 is 28.2. The van der Waals surface area contributed by atoms with Gasteiger partial charge in [-0.3, -0.25) is 9.63 Å². The van der Waals surface area contributed by atoms with E-state index < -0.39 is 16.2 Å². The smallest absolute Gasteiger partial charge is 0.304 e. The predicted molar refractivity (Wildman–Crippen MR) is 54.8 cm³/mol. The summed E-state index contributed by atoms with van der Waals surface area (Å²) in [5.74, 6) is -1.07. The lowest BCUT2D eigenvalue weighted by Gasteiger charge is -2.16. The maximum Gasteiger partial charge on any atom is 0.304 e. The van der Waals surface area contributed by atoms with Gasteiger partial charge in [0.25, 0.3) is 0 Å². The third kappa shape index (κ3) is 6.69. The Hall–Kier alpha value is -0.740. The average Bonchev–Trinajstić information content (AvgIpc) is 2.20. The van der Waals surface area contributed by atoms with Gasteiger partial charge in [-0.05, 0) is 0 Å². The van der Waals surface area contributed by atoms with Crippen LogP contribution in [-0.2, 0) is 24.6 Å². The van der Waals surface area contributed by atoms with Crippen LogP contribution in [0.3, 0.4) is 0 Å². The molecule has 0 saturated heterocycles. The zero-order valence-corrected chi connectivity index (χ0v) is 9.99. The quantitative estimate of drug-likeness (QED) is 0.397. The van der Waals surface area contributed by atoms with Gasteiger partial charge in [0.05, 0.1) is 19.6 Å². The molecule has 0 bridgehead atoms. The second kappa shape index (κ2) is 7.52. The average molecular weight is 256 g/mol. The van der Waals surface area contributed by atoms with E-state index in [9.17, 15) is 13.2 Å². The molecule has 9 heteroatoms. The molecular weight excluding hydrogens is 240 g/mol. The minimum atomic E-state index is -3.79. The highest BCUT2D eigenvalue weighted by atomic mass is 32.2. The van der Waals surface area contributed by atoms with E-state index in [1.54, 1.807) is 0 Å². The van der Waals surface area contributed by atoms with Gasteiger partial charge in [-0.1, -0.05) is 4.89 Å². The van der Waals surface area contributed by atoms with Crippen LogP contribution in [-0.4, -0.2) is 57.7 Å². The summed E-state index contributed by atoms with van der Waals surface area (Å²) >= 11 is 0. The monoisotopic (exact) mass is 256 g/mol. The molecule has 0 unspecified atom stereocenters. The van der Waals surface area contributed by atoms with Gasteiger partial charge < -0.3 is 9.84 Å². The molecule has 0 atom stereocenters. The van der Waals surface area contributed by atoms with Crippen LogP contribution in [0.2, 0.25) is 0 Å². The first-order chi connectivity index (χ1) is 7.40. The van der Waals surface area contributed by atoms with Crippen LogP contribution in [0, 0.1) is 0 Å². The fourth-order valence-corrected chi connectivity index (χ4v) is 1.37. The lowest BCUT2D eigenvalue weighted by Crippen LogP contribution is -2.39. The number of nitrogens with zero attached hydrogens (tertiary/aromatic N) is 1. The highest BCUT2D eigenvalue weighted by Crippen LogP contribution is 1.95. The van der Waals surface area contributed by atoms with E-state index in [-0.39, 0.29) is 26.2 Å². The van der Waals surface area contributed by atoms with Gasteiger partial charge in [0.2, 0.25) is 0 Å². The number of carboxylic acids is 1. The van der Waals surface area contributed by atoms with Crippen molar-refractivity contribution < 1.29 is 27.9 Å². The molecule has 16 heavy (non-hydrogen) atoms. The molecular formula is C7H16N2O6S. The van der Waals surface area contributed by atoms with Crippen molar-refractivity contribution in [1.82, 2.24) is 9.19 Å². The van der Waals surface area contributed by atoms with Crippen LogP contribution in [0.5, 0.6) is 0 Å². The number of carbonyl (C=O) groups is 1. The maximum atomic E-state index is 11.4. The minimum absolute atomic E-state index is 0.0719. The number of methoxy groups -OCH3 is 1. The molecule has 0 aromatic heterocycles. The number of carboxylic acid groups (broad SMARTS) is 1. The molecule has 0 amide bonds. The van der Waals surface area contributed by atoms with E-state index in [1.165, 1.54) is 14.2 Å². The standard InChI is InChI=1S/C7H16N2O6S/c1-9(4-3-7(10)11)16(12,13)8-15-6-5-14-2/h8H,3-6H2,1-2H3,(H,10,11). The number of nitrogens with one attached hydrogen (secondary N) is 1. The van der Waals surface area contributed by atoms with Gasteiger partial charge in [0, 0.05) is 20.7 Å². The van der Waals surface area contributed by atoms with Crippen LogP contribution in [0.1, 0.15) is 6.42 Å². The summed E-state index contributed by atoms with van der Waals surface area (Å²) in [4.78, 5) is 16.7. The van der Waals surface area contributed by atoms with Gasteiger partial charge in [-0.15, -0.1) is 0 Å². The molecule has 0 radical (unpaired) electrons. The van der Waals surface area contributed by atoms with Crippen molar-refractivity contribution in [2.75, 3.05) is 33.9 Å². The lowest BCUT2D eigenvalue weighted by atomic mass is 10.4. The fraction of sp³-hybridized carbons (Fsp3) is 0.857. The van der Waals surface area contributed by atoms with Crippen LogP contribution in [0.25, 0.3) is 0 Å². The summed E-state index contributed by atoms with van der Waals surface area (Å²) in [6, 6.07) is 0. The molecule has 0 saturated carbocycles. The topological polar surface area (TPSA) is 105 Å². The molecule has 0 aromatic rings. The number of ether oxygens (including phenoxy) is 1.